The molecule has 4 nitrogen and oxygen atoms in total. The number of carbonyl (C=O) groups excluding carboxylic acids is 1. The molecule has 1 aromatic rings. The Kier molecular flexibility index (Phi) is 3.85. The number of hydrogen-bond donors (Lipinski definition) is 1. The molecule has 0 saturated carbocycles. The summed E-state index contributed by atoms with van der Waals surface area (Å²) in [5.74, 6) is -0.0384. The van der Waals surface area contributed by atoms with Crippen LogP contribution in [0.2, 0.25) is 0 Å². The van der Waals surface area contributed by atoms with Crippen molar-refractivity contribution in [3.8, 4) is 0 Å². The van der Waals surface area contributed by atoms with Crippen molar-refractivity contribution >= 4 is 21.4 Å². The zero-order valence-corrected chi connectivity index (χ0v) is 10.8. The van der Waals surface area contributed by atoms with Gasteiger partial charge in [0.25, 0.3) is 0 Å². The molecule has 0 bridgehead atoms. The number of sulfonamides is 1. The van der Waals surface area contributed by atoms with Gasteiger partial charge in [0.1, 0.15) is 0 Å². The molecule has 0 aromatic heterocycles. The second kappa shape index (κ2) is 4.81. The molecule has 5 heteroatoms. The molecule has 0 heterocycles. The fourth-order valence-corrected chi connectivity index (χ4v) is 1.95. The largest absolute Gasteiger partial charge is 0.295 e. The molecule has 1 aromatic carbocycles. The monoisotopic (exact) mass is 253 g/mol. The van der Waals surface area contributed by atoms with Gasteiger partial charge in [0, 0.05) is 0 Å². The molecule has 0 radical (unpaired) electrons. The van der Waals surface area contributed by atoms with Crippen LogP contribution in [0, 0.1) is 0 Å². The number of benzene rings is 1. The van der Waals surface area contributed by atoms with Crippen molar-refractivity contribution in [2.45, 2.75) is 25.7 Å². The third-order valence-corrected chi connectivity index (χ3v) is 3.60. The lowest BCUT2D eigenvalue weighted by atomic mass is 10.0. The molecule has 1 rings (SSSR count). The summed E-state index contributed by atoms with van der Waals surface area (Å²) in [5.41, 5.74) is 2.05. The quantitative estimate of drug-likeness (QED) is 0.833. The number of carbonyl (C=O) groups is 1. The smallest absolute Gasteiger partial charge is 0.238 e. The highest BCUT2D eigenvalue weighted by Gasteiger charge is 2.10. The first-order valence-corrected chi connectivity index (χ1v) is 6.59. The molecular formula is C12H15NO3S. The second-order valence-electron chi connectivity index (χ2n) is 3.88. The molecule has 0 saturated heterocycles. The van der Waals surface area contributed by atoms with Gasteiger partial charge in [-0.1, -0.05) is 12.1 Å². The summed E-state index contributed by atoms with van der Waals surface area (Å²) in [4.78, 5) is 11.3. The molecule has 2 N–H and O–H groups in total. The van der Waals surface area contributed by atoms with Crippen LogP contribution in [-0.2, 0) is 14.8 Å². The Bertz CT molecular complexity index is 586. The lowest BCUT2D eigenvalue weighted by molar-refractivity contribution is -0.113. The molecule has 0 amide bonds. The van der Waals surface area contributed by atoms with Crippen LogP contribution in [0.4, 0.5) is 0 Å². The van der Waals surface area contributed by atoms with Gasteiger partial charge >= 0.3 is 0 Å². The number of hydrogen-bond acceptors (Lipinski definition) is 3. The van der Waals surface area contributed by atoms with Crippen LogP contribution >= 0.6 is 0 Å². The summed E-state index contributed by atoms with van der Waals surface area (Å²) in [6, 6.07) is 6.24. The average Bonchev–Trinajstić information content (AvgIpc) is 2.26. The Morgan fingerprint density at radius 2 is 1.76 bits per heavy atom. The van der Waals surface area contributed by atoms with Crippen LogP contribution in [0.25, 0.3) is 5.57 Å². The first-order valence-electron chi connectivity index (χ1n) is 5.05. The number of rotatable bonds is 3. The maximum atomic E-state index is 11.2. The van der Waals surface area contributed by atoms with E-state index in [1.165, 1.54) is 19.1 Å². The molecule has 0 aliphatic heterocycles. The van der Waals surface area contributed by atoms with E-state index in [-0.39, 0.29) is 10.7 Å². The Labute approximate surface area is 101 Å². The number of Topliss-reactive ketones (excluding diaryl/α,β-unsaturated/α-hetero) is 1. The maximum absolute atomic E-state index is 11.2. The number of nitrogens with two attached hydrogens (primary N) is 1. The fraction of sp³-hybridized carbons (Fsp3) is 0.250. The summed E-state index contributed by atoms with van der Waals surface area (Å²) < 4.78 is 22.4. The second-order valence-corrected chi connectivity index (χ2v) is 5.44. The predicted octanol–water partition coefficient (Wildman–Crippen LogP) is 1.72. The third kappa shape index (κ3) is 3.25. The SMILES string of the molecule is CC(=O)C(C)=C(C)c1cccc(S(N)(=O)=O)c1. The van der Waals surface area contributed by atoms with Crippen LogP contribution in [-0.4, -0.2) is 14.2 Å². The number of primary sulfonamides is 1. The highest BCUT2D eigenvalue weighted by Crippen LogP contribution is 2.21. The van der Waals surface area contributed by atoms with Gasteiger partial charge in [-0.3, -0.25) is 4.79 Å². The van der Waals surface area contributed by atoms with Gasteiger partial charge in [0.2, 0.25) is 10.0 Å². The normalized spacial score (nSPS) is 13.2. The Morgan fingerprint density at radius 1 is 1.18 bits per heavy atom. The van der Waals surface area contributed by atoms with E-state index in [0.29, 0.717) is 11.1 Å². The van der Waals surface area contributed by atoms with Gasteiger partial charge in [-0.15, -0.1) is 0 Å². The third-order valence-electron chi connectivity index (χ3n) is 2.69. The van der Waals surface area contributed by atoms with Crippen LogP contribution in [0.5, 0.6) is 0 Å². The van der Waals surface area contributed by atoms with Crippen molar-refractivity contribution in [3.63, 3.8) is 0 Å². The zero-order chi connectivity index (χ0) is 13.2. The van der Waals surface area contributed by atoms with Gasteiger partial charge in [-0.05, 0) is 49.6 Å². The summed E-state index contributed by atoms with van der Waals surface area (Å²) in [6.07, 6.45) is 0. The lowest BCUT2D eigenvalue weighted by Crippen LogP contribution is -2.12. The summed E-state index contributed by atoms with van der Waals surface area (Å²) in [6.45, 7) is 4.96. The molecule has 0 atom stereocenters. The Balaban J connectivity index is 3.36. The summed E-state index contributed by atoms with van der Waals surface area (Å²) in [7, 11) is -3.71. The molecule has 0 fully saturated rings. The zero-order valence-electron chi connectivity index (χ0n) is 10.0. The predicted molar refractivity (Wildman–Crippen MR) is 66.8 cm³/mol. The van der Waals surface area contributed by atoms with Crippen molar-refractivity contribution in [2.24, 2.45) is 5.14 Å². The van der Waals surface area contributed by atoms with Crippen molar-refractivity contribution in [2.75, 3.05) is 0 Å². The van der Waals surface area contributed by atoms with E-state index in [9.17, 15) is 13.2 Å². The minimum Gasteiger partial charge on any atom is -0.295 e. The van der Waals surface area contributed by atoms with Crippen LogP contribution in [0.15, 0.2) is 34.7 Å². The van der Waals surface area contributed by atoms with Gasteiger partial charge in [-0.2, -0.15) is 0 Å². The standard InChI is InChI=1S/C12H15NO3S/c1-8(10(3)14)9(2)11-5-4-6-12(7-11)17(13,15)16/h4-7H,1-3H3,(H2,13,15,16). The molecule has 0 spiro atoms. The fourth-order valence-electron chi connectivity index (χ4n) is 1.39. The number of ketones is 1. The van der Waals surface area contributed by atoms with E-state index < -0.39 is 10.0 Å². The first kappa shape index (κ1) is 13.6. The van der Waals surface area contributed by atoms with E-state index >= 15 is 0 Å². The molecule has 0 aliphatic rings. The highest BCUT2D eigenvalue weighted by molar-refractivity contribution is 7.89. The van der Waals surface area contributed by atoms with Gasteiger partial charge in [0.15, 0.2) is 5.78 Å². The Hall–Kier alpha value is -1.46. The molecule has 17 heavy (non-hydrogen) atoms. The van der Waals surface area contributed by atoms with Crippen LogP contribution < -0.4 is 5.14 Å². The minimum atomic E-state index is -3.71. The van der Waals surface area contributed by atoms with Crippen molar-refractivity contribution in [1.29, 1.82) is 0 Å². The first-order chi connectivity index (χ1) is 7.73. The van der Waals surface area contributed by atoms with Gasteiger partial charge in [-0.25, -0.2) is 13.6 Å². The topological polar surface area (TPSA) is 77.2 Å². The van der Waals surface area contributed by atoms with E-state index in [2.05, 4.69) is 0 Å². The molecule has 0 unspecified atom stereocenters. The van der Waals surface area contributed by atoms with Crippen molar-refractivity contribution in [3.05, 3.63) is 35.4 Å². The molecule has 92 valence electrons. The van der Waals surface area contributed by atoms with Crippen LogP contribution in [0.3, 0.4) is 0 Å². The number of allylic oxidation sites excluding steroid dienone is 2. The van der Waals surface area contributed by atoms with Gasteiger partial charge in [0.05, 0.1) is 4.90 Å². The van der Waals surface area contributed by atoms with Gasteiger partial charge < -0.3 is 0 Å². The van der Waals surface area contributed by atoms with E-state index in [0.717, 1.165) is 5.57 Å². The van der Waals surface area contributed by atoms with Crippen LogP contribution in [0.1, 0.15) is 26.3 Å². The van der Waals surface area contributed by atoms with Crippen molar-refractivity contribution < 1.29 is 13.2 Å². The minimum absolute atomic E-state index is 0.0384. The maximum Gasteiger partial charge on any atom is 0.238 e. The lowest BCUT2D eigenvalue weighted by Gasteiger charge is -2.07. The molecule has 0 aliphatic carbocycles. The van der Waals surface area contributed by atoms with Crippen molar-refractivity contribution in [1.82, 2.24) is 0 Å². The van der Waals surface area contributed by atoms with E-state index in [4.69, 9.17) is 5.14 Å². The molecular weight excluding hydrogens is 238 g/mol. The van der Waals surface area contributed by atoms with E-state index in [1.807, 2.05) is 0 Å². The summed E-state index contributed by atoms with van der Waals surface area (Å²) >= 11 is 0. The summed E-state index contributed by atoms with van der Waals surface area (Å²) in [5, 5.41) is 5.05. The average molecular weight is 253 g/mol. The van der Waals surface area contributed by atoms with E-state index in [1.54, 1.807) is 26.0 Å². The highest BCUT2D eigenvalue weighted by atomic mass is 32.2. The Morgan fingerprint density at radius 3 is 2.24 bits per heavy atom.